The van der Waals surface area contributed by atoms with E-state index in [-0.39, 0.29) is 42.4 Å². The predicted molar refractivity (Wildman–Crippen MR) is 42.6 cm³/mol. The Kier molecular flexibility index (Phi) is 9.21. The second kappa shape index (κ2) is 8.03. The maximum absolute atomic E-state index is 10.5. The molecule has 0 fully saturated rings. The van der Waals surface area contributed by atoms with Crippen LogP contribution in [0.25, 0.3) is 0 Å². The topological polar surface area (TPSA) is 101 Å². The van der Waals surface area contributed by atoms with Gasteiger partial charge in [-0.25, -0.2) is 4.79 Å². The van der Waals surface area contributed by atoms with E-state index in [9.17, 15) is 14.4 Å². The molecule has 70 valence electrons. The molecule has 0 atom stereocenters. The molecule has 0 saturated carbocycles. The molecular weight excluding hydrogens is 191 g/mol. The van der Waals surface area contributed by atoms with Crippen molar-refractivity contribution in [3.63, 3.8) is 0 Å². The van der Waals surface area contributed by atoms with Crippen molar-refractivity contribution in [1.82, 2.24) is 0 Å². The first kappa shape index (κ1) is 14.9. The molecule has 0 amide bonds. The Balaban J connectivity index is 0. The monoisotopic (exact) mass is 200 g/mol. The Morgan fingerprint density at radius 2 is 1.54 bits per heavy atom. The third-order valence-corrected chi connectivity index (χ3v) is 0.900. The van der Waals surface area contributed by atoms with Crippen LogP contribution in [0.4, 0.5) is 0 Å². The number of aliphatic carboxylic acids is 2. The fraction of sp³-hybridized carbons (Fsp3) is 0.500. The van der Waals surface area contributed by atoms with Crippen molar-refractivity contribution in [2.45, 2.75) is 12.8 Å². The van der Waals surface area contributed by atoms with Crippen LogP contribution in [-0.2, 0) is 19.1 Å². The van der Waals surface area contributed by atoms with Gasteiger partial charge in [0.15, 0.2) is 6.61 Å². The number of rotatable bonds is 5. The molecule has 0 aromatic heterocycles. The summed E-state index contributed by atoms with van der Waals surface area (Å²) in [5.74, 6) is -3.21. The first-order chi connectivity index (χ1) is 5.52. The van der Waals surface area contributed by atoms with Crippen LogP contribution in [0, 0.1) is 0 Å². The van der Waals surface area contributed by atoms with Crippen LogP contribution in [0.2, 0.25) is 0 Å². The predicted octanol–water partition coefficient (Wildman–Crippen LogP) is -1.17. The summed E-state index contributed by atoms with van der Waals surface area (Å²) in [5, 5.41) is 16.2. The Hall–Kier alpha value is -0.590. The number of carbonyl (C=O) groups is 3. The zero-order chi connectivity index (χ0) is 9.56. The minimum atomic E-state index is -1.27. The van der Waals surface area contributed by atoms with Crippen LogP contribution in [0.3, 0.4) is 0 Å². The van der Waals surface area contributed by atoms with E-state index in [1.165, 1.54) is 0 Å². The van der Waals surface area contributed by atoms with Gasteiger partial charge in [-0.3, -0.25) is 9.59 Å². The van der Waals surface area contributed by atoms with Crippen molar-refractivity contribution in [3.8, 4) is 0 Å². The van der Waals surface area contributed by atoms with Crippen molar-refractivity contribution >= 4 is 47.5 Å². The van der Waals surface area contributed by atoms with Crippen LogP contribution < -0.4 is 0 Å². The van der Waals surface area contributed by atoms with Crippen LogP contribution in [0.5, 0.6) is 0 Å². The van der Waals surface area contributed by atoms with E-state index < -0.39 is 24.5 Å². The van der Waals surface area contributed by atoms with E-state index in [0.717, 1.165) is 0 Å². The molecule has 0 unspecified atom stereocenters. The van der Waals surface area contributed by atoms with Gasteiger partial charge in [-0.1, -0.05) is 0 Å². The number of esters is 1. The fourth-order valence-corrected chi connectivity index (χ4v) is 0.423. The van der Waals surface area contributed by atoms with E-state index in [4.69, 9.17) is 10.2 Å². The summed E-state index contributed by atoms with van der Waals surface area (Å²) in [4.78, 5) is 30.3. The van der Waals surface area contributed by atoms with Crippen molar-refractivity contribution in [1.29, 1.82) is 0 Å². The molecule has 0 aromatic rings. The van der Waals surface area contributed by atoms with Crippen molar-refractivity contribution in [3.05, 3.63) is 0 Å². The molecule has 0 aromatic carbocycles. The number of carboxylic acid groups (broad SMARTS) is 2. The minimum absolute atomic E-state index is 0. The van der Waals surface area contributed by atoms with Gasteiger partial charge >= 0.3 is 47.5 Å². The molecule has 0 rings (SSSR count). The summed E-state index contributed by atoms with van der Waals surface area (Å²) in [6.07, 6.45) is -0.652. The van der Waals surface area contributed by atoms with Crippen molar-refractivity contribution in [2.24, 2.45) is 0 Å². The molecule has 7 heteroatoms. The second-order valence-electron chi connectivity index (χ2n) is 1.95. The summed E-state index contributed by atoms with van der Waals surface area (Å²) in [5.41, 5.74) is 0. The molecule has 0 spiro atoms. The van der Waals surface area contributed by atoms with E-state index in [1.54, 1.807) is 0 Å². The van der Waals surface area contributed by atoms with E-state index in [2.05, 4.69) is 4.74 Å². The zero-order valence-electron chi connectivity index (χ0n) is 6.15. The second-order valence-corrected chi connectivity index (χ2v) is 1.95. The third kappa shape index (κ3) is 11.4. The summed E-state index contributed by atoms with van der Waals surface area (Å²) in [6, 6.07) is 0. The fourth-order valence-electron chi connectivity index (χ4n) is 0.423. The Bertz CT molecular complexity index is 181. The average molecular weight is 200 g/mol. The van der Waals surface area contributed by atoms with Gasteiger partial charge < -0.3 is 14.9 Å². The van der Waals surface area contributed by atoms with Crippen molar-refractivity contribution < 1.29 is 29.3 Å². The number of ether oxygens (including phenoxy) is 1. The van der Waals surface area contributed by atoms with Gasteiger partial charge in [0.25, 0.3) is 0 Å². The number of hydrogen-bond donors (Lipinski definition) is 2. The van der Waals surface area contributed by atoms with Crippen LogP contribution >= 0.6 is 0 Å². The summed E-state index contributed by atoms with van der Waals surface area (Å²) in [7, 11) is 0. The van der Waals surface area contributed by atoms with Gasteiger partial charge in [-0.05, 0) is 0 Å². The van der Waals surface area contributed by atoms with Crippen LogP contribution in [0.15, 0.2) is 0 Å². The van der Waals surface area contributed by atoms with Crippen LogP contribution in [-0.4, -0.2) is 64.3 Å². The van der Waals surface area contributed by atoms with Crippen LogP contribution in [0.1, 0.15) is 12.8 Å². The molecule has 13 heavy (non-hydrogen) atoms. The first-order valence-corrected chi connectivity index (χ1v) is 3.11. The van der Waals surface area contributed by atoms with E-state index in [0.29, 0.717) is 0 Å². The van der Waals surface area contributed by atoms with Gasteiger partial charge in [-0.2, -0.15) is 0 Å². The molecular formula is C6H9NaO6. The molecule has 0 radical (unpaired) electrons. The molecule has 2 N–H and O–H groups in total. The number of carbonyl (C=O) groups excluding carboxylic acids is 1. The van der Waals surface area contributed by atoms with Gasteiger partial charge in [0.05, 0.1) is 12.8 Å². The molecule has 0 saturated heterocycles. The maximum atomic E-state index is 10.5. The van der Waals surface area contributed by atoms with Gasteiger partial charge in [-0.15, -0.1) is 0 Å². The molecule has 0 bridgehead atoms. The van der Waals surface area contributed by atoms with E-state index >= 15 is 0 Å². The summed E-state index contributed by atoms with van der Waals surface area (Å²) >= 11 is 0. The molecule has 0 heterocycles. The molecule has 0 aliphatic heterocycles. The number of hydrogen-bond acceptors (Lipinski definition) is 4. The number of carboxylic acids is 2. The molecule has 0 aliphatic carbocycles. The quantitative estimate of drug-likeness (QED) is 0.428. The Morgan fingerprint density at radius 3 is 1.92 bits per heavy atom. The molecule has 0 aliphatic rings. The summed E-state index contributed by atoms with van der Waals surface area (Å²) in [6.45, 7) is -0.724. The van der Waals surface area contributed by atoms with E-state index in [1.807, 2.05) is 0 Å². The molecule has 6 nitrogen and oxygen atoms in total. The normalized spacial score (nSPS) is 8.31. The zero-order valence-corrected chi connectivity index (χ0v) is 6.15. The summed E-state index contributed by atoms with van der Waals surface area (Å²) < 4.78 is 4.15. The van der Waals surface area contributed by atoms with Gasteiger partial charge in [0, 0.05) is 0 Å². The SMILES string of the molecule is O=C(O)CCC(=O)OCC(=O)O.[NaH]. The Labute approximate surface area is 96.2 Å². The van der Waals surface area contributed by atoms with Crippen molar-refractivity contribution in [2.75, 3.05) is 6.61 Å². The first-order valence-electron chi connectivity index (χ1n) is 3.11. The van der Waals surface area contributed by atoms with Gasteiger partial charge in [0.2, 0.25) is 0 Å². The Morgan fingerprint density at radius 1 is 1.00 bits per heavy atom. The average Bonchev–Trinajstić information content (AvgIpc) is 1.96. The van der Waals surface area contributed by atoms with Gasteiger partial charge in [0.1, 0.15) is 0 Å². The standard InChI is InChI=1S/C6H8O6.Na.H/c7-4(8)1-2-6(11)12-3-5(9)10;;/h1-3H2,(H,7,8)(H,9,10);;. The third-order valence-electron chi connectivity index (χ3n) is 0.900.